The maximum absolute atomic E-state index is 5.45. The van der Waals surface area contributed by atoms with Crippen LogP contribution in [-0.4, -0.2) is 17.3 Å². The molecule has 0 saturated heterocycles. The van der Waals surface area contributed by atoms with E-state index in [1.807, 2.05) is 29.6 Å². The lowest BCUT2D eigenvalue weighted by Gasteiger charge is -2.06. The first kappa shape index (κ1) is 11.7. The lowest BCUT2D eigenvalue weighted by Crippen LogP contribution is -1.87. The third-order valence-corrected chi connectivity index (χ3v) is 3.37. The summed E-state index contributed by atoms with van der Waals surface area (Å²) in [6.07, 6.45) is 0. The van der Waals surface area contributed by atoms with Gasteiger partial charge < -0.3 is 14.9 Å². The van der Waals surface area contributed by atoms with Crippen LogP contribution in [0.15, 0.2) is 39.4 Å². The predicted octanol–water partition coefficient (Wildman–Crippen LogP) is 3.06. The van der Waals surface area contributed by atoms with E-state index in [1.54, 1.807) is 18.4 Å². The van der Waals surface area contributed by atoms with Gasteiger partial charge in [-0.2, -0.15) is 11.3 Å². The number of hydrogen-bond donors (Lipinski definition) is 1. The van der Waals surface area contributed by atoms with Gasteiger partial charge in [0, 0.05) is 5.56 Å². The van der Waals surface area contributed by atoms with Gasteiger partial charge in [0.1, 0.15) is 5.75 Å². The van der Waals surface area contributed by atoms with Gasteiger partial charge in [0.05, 0.1) is 7.11 Å². The summed E-state index contributed by atoms with van der Waals surface area (Å²) in [6.45, 7) is 0. The highest BCUT2D eigenvalue weighted by atomic mass is 32.1. The SMILES string of the molecule is COc1cc(-c2ccsc2)cc(-c2nnc(N)o2)c1. The van der Waals surface area contributed by atoms with E-state index in [4.69, 9.17) is 14.9 Å². The van der Waals surface area contributed by atoms with Crippen LogP contribution in [0.3, 0.4) is 0 Å². The third kappa shape index (κ3) is 2.30. The Balaban J connectivity index is 2.12. The van der Waals surface area contributed by atoms with Gasteiger partial charge in [-0.25, -0.2) is 0 Å². The fourth-order valence-corrected chi connectivity index (χ4v) is 2.45. The lowest BCUT2D eigenvalue weighted by molar-refractivity contribution is 0.415. The molecule has 96 valence electrons. The first-order chi connectivity index (χ1) is 9.26. The number of nitrogens with two attached hydrogens (primary N) is 1. The van der Waals surface area contributed by atoms with E-state index in [0.717, 1.165) is 22.4 Å². The minimum atomic E-state index is 0.0508. The first-order valence-electron chi connectivity index (χ1n) is 5.57. The van der Waals surface area contributed by atoms with Crippen molar-refractivity contribution < 1.29 is 9.15 Å². The number of ether oxygens (including phenoxy) is 1. The largest absolute Gasteiger partial charge is 0.497 e. The van der Waals surface area contributed by atoms with Crippen LogP contribution in [0.5, 0.6) is 5.75 Å². The second-order valence-corrected chi connectivity index (χ2v) is 4.69. The van der Waals surface area contributed by atoms with Crippen LogP contribution in [0, 0.1) is 0 Å². The van der Waals surface area contributed by atoms with Crippen molar-refractivity contribution in [3.05, 3.63) is 35.0 Å². The molecule has 0 spiro atoms. The third-order valence-electron chi connectivity index (χ3n) is 2.68. The quantitative estimate of drug-likeness (QED) is 0.793. The molecule has 0 bridgehead atoms. The fraction of sp³-hybridized carbons (Fsp3) is 0.0769. The molecule has 2 heterocycles. The molecule has 3 aromatic rings. The summed E-state index contributed by atoms with van der Waals surface area (Å²) in [5, 5.41) is 11.6. The van der Waals surface area contributed by atoms with Crippen molar-refractivity contribution in [2.45, 2.75) is 0 Å². The molecule has 0 radical (unpaired) electrons. The molecule has 5 nitrogen and oxygen atoms in total. The summed E-state index contributed by atoms with van der Waals surface area (Å²) in [7, 11) is 1.62. The molecule has 0 fully saturated rings. The molecule has 0 aliphatic carbocycles. The van der Waals surface area contributed by atoms with Gasteiger partial charge in [-0.05, 0) is 46.2 Å². The van der Waals surface area contributed by atoms with Crippen molar-refractivity contribution in [1.82, 2.24) is 10.2 Å². The molecule has 1 aromatic carbocycles. The van der Waals surface area contributed by atoms with Gasteiger partial charge in [0.25, 0.3) is 0 Å². The van der Waals surface area contributed by atoms with Gasteiger partial charge in [-0.1, -0.05) is 5.10 Å². The Labute approximate surface area is 113 Å². The van der Waals surface area contributed by atoms with Crippen molar-refractivity contribution >= 4 is 17.4 Å². The molecule has 0 saturated carbocycles. The Hall–Kier alpha value is -2.34. The smallest absolute Gasteiger partial charge is 0.313 e. The van der Waals surface area contributed by atoms with Gasteiger partial charge in [0.15, 0.2) is 0 Å². The summed E-state index contributed by atoms with van der Waals surface area (Å²) in [4.78, 5) is 0. The fourth-order valence-electron chi connectivity index (χ4n) is 1.79. The summed E-state index contributed by atoms with van der Waals surface area (Å²) in [6, 6.07) is 7.87. The molecule has 2 aromatic heterocycles. The van der Waals surface area contributed by atoms with E-state index < -0.39 is 0 Å². The van der Waals surface area contributed by atoms with Gasteiger partial charge in [-0.15, -0.1) is 5.10 Å². The van der Waals surface area contributed by atoms with Crippen molar-refractivity contribution in [3.8, 4) is 28.3 Å². The molecule has 6 heteroatoms. The lowest BCUT2D eigenvalue weighted by atomic mass is 10.1. The Kier molecular flexibility index (Phi) is 2.92. The normalized spacial score (nSPS) is 10.6. The first-order valence-corrected chi connectivity index (χ1v) is 6.51. The average molecular weight is 273 g/mol. The zero-order valence-corrected chi connectivity index (χ0v) is 11.0. The van der Waals surface area contributed by atoms with Crippen LogP contribution in [0.25, 0.3) is 22.6 Å². The highest BCUT2D eigenvalue weighted by Gasteiger charge is 2.11. The zero-order valence-electron chi connectivity index (χ0n) is 10.2. The van der Waals surface area contributed by atoms with Gasteiger partial charge >= 0.3 is 6.01 Å². The predicted molar refractivity (Wildman–Crippen MR) is 74.0 cm³/mol. The van der Waals surface area contributed by atoms with Crippen molar-refractivity contribution in [1.29, 1.82) is 0 Å². The summed E-state index contributed by atoms with van der Waals surface area (Å²) >= 11 is 1.64. The number of hydrogen-bond acceptors (Lipinski definition) is 6. The molecule has 0 unspecified atom stereocenters. The number of thiophene rings is 1. The van der Waals surface area contributed by atoms with Crippen LogP contribution >= 0.6 is 11.3 Å². The number of rotatable bonds is 3. The van der Waals surface area contributed by atoms with Crippen LogP contribution in [0.1, 0.15) is 0 Å². The molecule has 0 aliphatic heterocycles. The highest BCUT2D eigenvalue weighted by Crippen LogP contribution is 2.31. The number of aromatic nitrogens is 2. The van der Waals surface area contributed by atoms with Crippen molar-refractivity contribution in [2.75, 3.05) is 12.8 Å². The van der Waals surface area contributed by atoms with Crippen LogP contribution in [0.4, 0.5) is 6.01 Å². The zero-order chi connectivity index (χ0) is 13.2. The molecular weight excluding hydrogens is 262 g/mol. The summed E-state index contributed by atoms with van der Waals surface area (Å²) in [5.74, 6) is 1.11. The number of methoxy groups -OCH3 is 1. The monoisotopic (exact) mass is 273 g/mol. The van der Waals surface area contributed by atoms with E-state index >= 15 is 0 Å². The second-order valence-electron chi connectivity index (χ2n) is 3.91. The number of benzene rings is 1. The van der Waals surface area contributed by atoms with E-state index in [-0.39, 0.29) is 6.01 Å². The Morgan fingerprint density at radius 3 is 2.63 bits per heavy atom. The van der Waals surface area contributed by atoms with Crippen molar-refractivity contribution in [2.24, 2.45) is 0 Å². The number of nitrogens with zero attached hydrogens (tertiary/aromatic N) is 2. The van der Waals surface area contributed by atoms with E-state index in [2.05, 4.69) is 15.6 Å². The van der Waals surface area contributed by atoms with E-state index in [1.165, 1.54) is 0 Å². The van der Waals surface area contributed by atoms with Crippen LogP contribution in [0.2, 0.25) is 0 Å². The Morgan fingerprint density at radius 1 is 1.16 bits per heavy atom. The van der Waals surface area contributed by atoms with E-state index in [0.29, 0.717) is 5.89 Å². The topological polar surface area (TPSA) is 74.2 Å². The molecule has 0 amide bonds. The molecule has 0 aliphatic rings. The molecule has 19 heavy (non-hydrogen) atoms. The molecule has 3 rings (SSSR count). The minimum absolute atomic E-state index is 0.0508. The van der Waals surface area contributed by atoms with Crippen molar-refractivity contribution in [3.63, 3.8) is 0 Å². The number of anilines is 1. The van der Waals surface area contributed by atoms with Crippen LogP contribution < -0.4 is 10.5 Å². The van der Waals surface area contributed by atoms with Crippen LogP contribution in [-0.2, 0) is 0 Å². The Bertz CT molecular complexity index is 692. The average Bonchev–Trinajstić information content (AvgIpc) is 3.09. The Morgan fingerprint density at radius 2 is 2.00 bits per heavy atom. The molecule has 2 N–H and O–H groups in total. The highest BCUT2D eigenvalue weighted by molar-refractivity contribution is 7.08. The minimum Gasteiger partial charge on any atom is -0.497 e. The maximum atomic E-state index is 5.45. The van der Waals surface area contributed by atoms with Gasteiger partial charge in [0.2, 0.25) is 5.89 Å². The molecular formula is C13H11N3O2S. The number of nitrogen functional groups attached to an aromatic ring is 1. The maximum Gasteiger partial charge on any atom is 0.313 e. The summed E-state index contributed by atoms with van der Waals surface area (Å²) in [5.41, 5.74) is 8.39. The van der Waals surface area contributed by atoms with Gasteiger partial charge in [-0.3, -0.25) is 0 Å². The van der Waals surface area contributed by atoms with E-state index in [9.17, 15) is 0 Å². The summed E-state index contributed by atoms with van der Waals surface area (Å²) < 4.78 is 10.5. The molecule has 0 atom stereocenters. The standard InChI is InChI=1S/C13H11N3O2S/c1-17-11-5-9(8-2-3-19-7-8)4-10(6-11)12-15-16-13(14)18-12/h2-7H,1H3,(H2,14,16). The second kappa shape index (κ2) is 4.74.